The molecule has 25 heavy (non-hydrogen) atoms. The molecule has 0 aromatic heterocycles. The van der Waals surface area contributed by atoms with Gasteiger partial charge in [0.15, 0.2) is 0 Å². The number of anilines is 1. The molecule has 1 aliphatic carbocycles. The molecule has 5 nitrogen and oxygen atoms in total. The molecule has 2 N–H and O–H groups in total. The van der Waals surface area contributed by atoms with E-state index in [0.29, 0.717) is 12.8 Å². The molecule has 2 aromatic rings. The highest BCUT2D eigenvalue weighted by molar-refractivity contribution is 6.07. The minimum absolute atomic E-state index is 0.0248. The van der Waals surface area contributed by atoms with Crippen molar-refractivity contribution in [1.82, 2.24) is 0 Å². The van der Waals surface area contributed by atoms with E-state index in [1.807, 2.05) is 30.3 Å². The number of carboxylic acids is 1. The van der Waals surface area contributed by atoms with Gasteiger partial charge in [-0.15, -0.1) is 0 Å². The Hall–Kier alpha value is -2.82. The fraction of sp³-hybridized carbons (Fsp3) is 0.300. The summed E-state index contributed by atoms with van der Waals surface area (Å²) in [7, 11) is 0. The van der Waals surface area contributed by atoms with Gasteiger partial charge in [0.2, 0.25) is 5.91 Å². The summed E-state index contributed by atoms with van der Waals surface area (Å²) in [4.78, 5) is 23.9. The van der Waals surface area contributed by atoms with E-state index >= 15 is 0 Å². The zero-order valence-electron chi connectivity index (χ0n) is 13.7. The molecule has 2 aliphatic rings. The van der Waals surface area contributed by atoms with Gasteiger partial charge in [-0.1, -0.05) is 18.2 Å². The van der Waals surface area contributed by atoms with Crippen LogP contribution < -0.4 is 10.1 Å². The maximum Gasteiger partial charge on any atom is 0.335 e. The molecule has 2 aromatic carbocycles. The number of aromatic carboxylic acids is 1. The van der Waals surface area contributed by atoms with Crippen molar-refractivity contribution in [2.75, 3.05) is 5.32 Å². The molecule has 1 saturated carbocycles. The van der Waals surface area contributed by atoms with Gasteiger partial charge in [-0.3, -0.25) is 4.79 Å². The van der Waals surface area contributed by atoms with Gasteiger partial charge in [-0.05, 0) is 61.6 Å². The van der Waals surface area contributed by atoms with Gasteiger partial charge in [0.25, 0.3) is 0 Å². The minimum Gasteiger partial charge on any atom is -0.490 e. The molecule has 1 spiro atoms. The Morgan fingerprint density at radius 1 is 1.12 bits per heavy atom. The van der Waals surface area contributed by atoms with Crippen molar-refractivity contribution >= 4 is 17.6 Å². The van der Waals surface area contributed by atoms with E-state index in [1.165, 1.54) is 6.07 Å². The zero-order valence-corrected chi connectivity index (χ0v) is 13.7. The monoisotopic (exact) mass is 337 g/mol. The number of para-hydroxylation sites is 1. The molecule has 128 valence electrons. The number of benzene rings is 2. The molecule has 0 radical (unpaired) electrons. The SMILES string of the molecule is O=C(O)c1ccc2c(c1)[C@]1(CC[C@@H](Oc3ccccc3)CC1)C(=O)N2. The molecule has 1 amide bonds. The topological polar surface area (TPSA) is 75.6 Å². The van der Waals surface area contributed by atoms with Crippen LogP contribution in [-0.2, 0) is 10.2 Å². The van der Waals surface area contributed by atoms with Crippen molar-refractivity contribution in [2.24, 2.45) is 0 Å². The first-order valence-electron chi connectivity index (χ1n) is 8.49. The maximum atomic E-state index is 12.7. The van der Waals surface area contributed by atoms with Crippen LogP contribution in [-0.4, -0.2) is 23.1 Å². The maximum absolute atomic E-state index is 12.7. The molecule has 0 bridgehead atoms. The molecular formula is C20H19NO4. The van der Waals surface area contributed by atoms with Gasteiger partial charge in [-0.25, -0.2) is 4.79 Å². The molecule has 1 fully saturated rings. The average molecular weight is 337 g/mol. The number of carbonyl (C=O) groups is 2. The minimum atomic E-state index is -0.974. The Bertz CT molecular complexity index is 823. The van der Waals surface area contributed by atoms with E-state index in [4.69, 9.17) is 4.74 Å². The van der Waals surface area contributed by atoms with E-state index < -0.39 is 11.4 Å². The lowest BCUT2D eigenvalue weighted by Crippen LogP contribution is -2.40. The highest BCUT2D eigenvalue weighted by Crippen LogP contribution is 2.48. The van der Waals surface area contributed by atoms with E-state index in [2.05, 4.69) is 5.32 Å². The summed E-state index contributed by atoms with van der Waals surface area (Å²) in [6.07, 6.45) is 2.92. The van der Waals surface area contributed by atoms with Gasteiger partial charge < -0.3 is 15.2 Å². The second-order valence-corrected chi connectivity index (χ2v) is 6.73. The second-order valence-electron chi connectivity index (χ2n) is 6.73. The Kier molecular flexibility index (Phi) is 3.71. The van der Waals surface area contributed by atoms with Gasteiger partial charge >= 0.3 is 5.97 Å². The van der Waals surface area contributed by atoms with Crippen molar-refractivity contribution in [3.8, 4) is 5.75 Å². The van der Waals surface area contributed by atoms with Gasteiger partial charge in [0.05, 0.1) is 17.1 Å². The van der Waals surface area contributed by atoms with Crippen molar-refractivity contribution in [1.29, 1.82) is 0 Å². The van der Waals surface area contributed by atoms with Crippen LogP contribution in [0, 0.1) is 0 Å². The predicted molar refractivity (Wildman–Crippen MR) is 93.0 cm³/mol. The summed E-state index contributed by atoms with van der Waals surface area (Å²) in [5.74, 6) is -0.158. The average Bonchev–Trinajstić information content (AvgIpc) is 2.89. The van der Waals surface area contributed by atoms with E-state index in [9.17, 15) is 14.7 Å². The fourth-order valence-electron chi connectivity index (χ4n) is 3.94. The fourth-order valence-corrected chi connectivity index (χ4v) is 3.94. The van der Waals surface area contributed by atoms with E-state index in [-0.39, 0.29) is 17.6 Å². The normalized spacial score (nSPS) is 24.6. The van der Waals surface area contributed by atoms with Gasteiger partial charge in [0, 0.05) is 5.69 Å². The molecule has 5 heteroatoms. The van der Waals surface area contributed by atoms with Gasteiger partial charge in [-0.2, -0.15) is 0 Å². The van der Waals surface area contributed by atoms with Crippen LogP contribution in [0.3, 0.4) is 0 Å². The van der Waals surface area contributed by atoms with Crippen molar-refractivity contribution in [2.45, 2.75) is 37.2 Å². The third kappa shape index (κ3) is 2.65. The number of amides is 1. The van der Waals surface area contributed by atoms with Crippen LogP contribution in [0.2, 0.25) is 0 Å². The lowest BCUT2D eigenvalue weighted by Gasteiger charge is -2.35. The predicted octanol–water partition coefficient (Wildman–Crippen LogP) is 3.60. The zero-order chi connectivity index (χ0) is 17.4. The molecule has 0 saturated heterocycles. The number of hydrogen-bond donors (Lipinski definition) is 2. The first-order chi connectivity index (χ1) is 12.1. The number of carbonyl (C=O) groups excluding carboxylic acids is 1. The Morgan fingerprint density at radius 3 is 2.52 bits per heavy atom. The highest BCUT2D eigenvalue weighted by atomic mass is 16.5. The van der Waals surface area contributed by atoms with Gasteiger partial charge in [0.1, 0.15) is 5.75 Å². The lowest BCUT2D eigenvalue weighted by atomic mass is 9.69. The number of carboxylic acid groups (broad SMARTS) is 1. The molecule has 0 atom stereocenters. The third-order valence-electron chi connectivity index (χ3n) is 5.30. The first-order valence-corrected chi connectivity index (χ1v) is 8.49. The van der Waals surface area contributed by atoms with Crippen LogP contribution in [0.15, 0.2) is 48.5 Å². The lowest BCUT2D eigenvalue weighted by molar-refractivity contribution is -0.122. The third-order valence-corrected chi connectivity index (χ3v) is 5.30. The van der Waals surface area contributed by atoms with Crippen molar-refractivity contribution in [3.63, 3.8) is 0 Å². The number of rotatable bonds is 3. The number of nitrogens with one attached hydrogen (secondary N) is 1. The quantitative estimate of drug-likeness (QED) is 0.897. The Morgan fingerprint density at radius 2 is 1.84 bits per heavy atom. The van der Waals surface area contributed by atoms with Crippen LogP contribution in [0.1, 0.15) is 41.6 Å². The second kappa shape index (κ2) is 5.92. The number of hydrogen-bond acceptors (Lipinski definition) is 3. The largest absolute Gasteiger partial charge is 0.490 e. The smallest absolute Gasteiger partial charge is 0.335 e. The molecule has 1 aliphatic heterocycles. The summed E-state index contributed by atoms with van der Waals surface area (Å²) in [6, 6.07) is 14.6. The summed E-state index contributed by atoms with van der Waals surface area (Å²) >= 11 is 0. The first kappa shape index (κ1) is 15.7. The van der Waals surface area contributed by atoms with Crippen LogP contribution >= 0.6 is 0 Å². The summed E-state index contributed by atoms with van der Waals surface area (Å²) in [5.41, 5.74) is 1.14. The summed E-state index contributed by atoms with van der Waals surface area (Å²) < 4.78 is 6.02. The Balaban J connectivity index is 1.56. The summed E-state index contributed by atoms with van der Waals surface area (Å²) in [5, 5.41) is 12.2. The van der Waals surface area contributed by atoms with E-state index in [0.717, 1.165) is 29.8 Å². The van der Waals surface area contributed by atoms with Crippen LogP contribution in [0.25, 0.3) is 0 Å². The molecule has 1 heterocycles. The number of fused-ring (bicyclic) bond motifs is 2. The van der Waals surface area contributed by atoms with Crippen molar-refractivity contribution < 1.29 is 19.4 Å². The highest BCUT2D eigenvalue weighted by Gasteiger charge is 2.49. The number of ether oxygens (including phenoxy) is 1. The molecule has 0 unspecified atom stereocenters. The molecular weight excluding hydrogens is 318 g/mol. The molecule has 4 rings (SSSR count). The summed E-state index contributed by atoms with van der Waals surface area (Å²) in [6.45, 7) is 0. The van der Waals surface area contributed by atoms with Crippen LogP contribution in [0.5, 0.6) is 5.75 Å². The standard InChI is InChI=1S/C20H19NO4/c22-18(23)13-6-7-17-16(12-13)20(19(24)21-17)10-8-15(9-11-20)25-14-4-2-1-3-5-14/h1-7,12,15H,8-11H2,(H,21,24)(H,22,23)/t15-,20-. The van der Waals surface area contributed by atoms with Crippen LogP contribution in [0.4, 0.5) is 5.69 Å². The Labute approximate surface area is 145 Å². The van der Waals surface area contributed by atoms with E-state index in [1.54, 1.807) is 12.1 Å². The van der Waals surface area contributed by atoms with Crippen molar-refractivity contribution in [3.05, 3.63) is 59.7 Å².